The highest BCUT2D eigenvalue weighted by Crippen LogP contribution is 2.44. The maximum Gasteiger partial charge on any atom is 0.119 e. The van der Waals surface area contributed by atoms with Crippen LogP contribution in [0.5, 0.6) is 5.75 Å². The number of hydrogen-bond donors (Lipinski definition) is 0. The van der Waals surface area contributed by atoms with Crippen LogP contribution in [-0.4, -0.2) is 6.61 Å². The summed E-state index contributed by atoms with van der Waals surface area (Å²) in [6.45, 7) is 3.27. The van der Waals surface area contributed by atoms with Crippen molar-refractivity contribution < 1.29 is 4.74 Å². The van der Waals surface area contributed by atoms with E-state index in [2.05, 4.69) is 31.2 Å². The van der Waals surface area contributed by atoms with Gasteiger partial charge in [-0.15, -0.1) is 0 Å². The fourth-order valence-corrected chi connectivity index (χ4v) is 5.99. The highest BCUT2D eigenvalue weighted by atomic mass is 16.5. The van der Waals surface area contributed by atoms with Crippen molar-refractivity contribution in [1.29, 1.82) is 0 Å². The number of ether oxygens (including phenoxy) is 1. The zero-order valence-corrected chi connectivity index (χ0v) is 17.5. The van der Waals surface area contributed by atoms with Crippen LogP contribution in [0.2, 0.25) is 0 Å². The quantitative estimate of drug-likeness (QED) is 0.478. The van der Waals surface area contributed by atoms with Crippen LogP contribution in [0.4, 0.5) is 0 Å². The molecule has 0 amide bonds. The van der Waals surface area contributed by atoms with Crippen molar-refractivity contribution in [1.82, 2.24) is 0 Å². The Morgan fingerprint density at radius 2 is 1.37 bits per heavy atom. The van der Waals surface area contributed by atoms with Gasteiger partial charge in [0.1, 0.15) is 5.75 Å². The predicted molar refractivity (Wildman–Crippen MR) is 114 cm³/mol. The molecule has 0 radical (unpaired) electrons. The van der Waals surface area contributed by atoms with E-state index in [0.29, 0.717) is 0 Å². The van der Waals surface area contributed by atoms with Crippen LogP contribution in [0, 0.1) is 23.7 Å². The molecule has 0 unspecified atom stereocenters. The van der Waals surface area contributed by atoms with Crippen LogP contribution >= 0.6 is 0 Å². The minimum Gasteiger partial charge on any atom is -0.493 e. The number of hydrogen-bond acceptors (Lipinski definition) is 1. The van der Waals surface area contributed by atoms with Crippen molar-refractivity contribution in [2.75, 3.05) is 6.61 Å². The van der Waals surface area contributed by atoms with E-state index in [4.69, 9.17) is 4.74 Å². The average molecular weight is 369 g/mol. The van der Waals surface area contributed by atoms with Gasteiger partial charge in [0.25, 0.3) is 0 Å². The molecule has 1 nitrogen and oxygen atoms in total. The zero-order chi connectivity index (χ0) is 18.5. The van der Waals surface area contributed by atoms with E-state index in [-0.39, 0.29) is 0 Å². The van der Waals surface area contributed by atoms with E-state index in [0.717, 1.165) is 41.9 Å². The molecule has 1 aromatic carbocycles. The van der Waals surface area contributed by atoms with Crippen LogP contribution in [0.1, 0.15) is 102 Å². The molecular weight excluding hydrogens is 328 g/mol. The van der Waals surface area contributed by atoms with Gasteiger partial charge in [0, 0.05) is 0 Å². The Bertz CT molecular complexity index is 542. The molecule has 0 aromatic heterocycles. The van der Waals surface area contributed by atoms with Gasteiger partial charge < -0.3 is 4.74 Å². The van der Waals surface area contributed by atoms with Gasteiger partial charge in [-0.1, -0.05) is 51.2 Å². The molecule has 0 bridgehead atoms. The van der Waals surface area contributed by atoms with Crippen LogP contribution in [0.25, 0.3) is 0 Å². The van der Waals surface area contributed by atoms with Crippen LogP contribution < -0.4 is 4.74 Å². The van der Waals surface area contributed by atoms with E-state index in [1.165, 1.54) is 83.5 Å². The standard InChI is InChI=1S/C26H40O/c1-2-4-20-7-9-22(10-8-20)23-11-13-24(14-12-23)25-15-17-26(18-16-25)27-19-21-5-3-6-21/h15-18,20-24H,2-14,19H2,1H3. The first-order valence-corrected chi connectivity index (χ1v) is 12.0. The maximum absolute atomic E-state index is 5.97. The Morgan fingerprint density at radius 3 is 1.93 bits per heavy atom. The van der Waals surface area contributed by atoms with Crippen molar-refractivity contribution in [3.8, 4) is 5.75 Å². The lowest BCUT2D eigenvalue weighted by atomic mass is 9.68. The SMILES string of the molecule is CCCC1CCC(C2CCC(c3ccc(OCC4CCC4)cc3)CC2)CC1. The fourth-order valence-electron chi connectivity index (χ4n) is 5.99. The molecule has 4 rings (SSSR count). The Balaban J connectivity index is 1.21. The second-order valence-corrected chi connectivity index (χ2v) is 9.86. The molecule has 3 aliphatic carbocycles. The van der Waals surface area contributed by atoms with Crippen LogP contribution in [0.15, 0.2) is 24.3 Å². The van der Waals surface area contributed by atoms with Gasteiger partial charge in [-0.2, -0.15) is 0 Å². The zero-order valence-electron chi connectivity index (χ0n) is 17.5. The van der Waals surface area contributed by atoms with Gasteiger partial charge in [-0.25, -0.2) is 0 Å². The Morgan fingerprint density at radius 1 is 0.741 bits per heavy atom. The summed E-state index contributed by atoms with van der Waals surface area (Å²) in [5, 5.41) is 0. The lowest BCUT2D eigenvalue weighted by Gasteiger charge is -2.38. The molecule has 0 heterocycles. The van der Waals surface area contributed by atoms with Crippen molar-refractivity contribution in [3.05, 3.63) is 29.8 Å². The van der Waals surface area contributed by atoms with Crippen molar-refractivity contribution in [3.63, 3.8) is 0 Å². The predicted octanol–water partition coefficient (Wildman–Crippen LogP) is 7.75. The molecular formula is C26H40O. The van der Waals surface area contributed by atoms with Gasteiger partial charge in [0.05, 0.1) is 6.61 Å². The van der Waals surface area contributed by atoms with E-state index in [1.54, 1.807) is 5.56 Å². The second kappa shape index (κ2) is 9.48. The van der Waals surface area contributed by atoms with Crippen molar-refractivity contribution >= 4 is 0 Å². The summed E-state index contributed by atoms with van der Waals surface area (Å²) in [5.74, 6) is 5.79. The first-order chi connectivity index (χ1) is 13.3. The highest BCUT2D eigenvalue weighted by Gasteiger charge is 2.31. The van der Waals surface area contributed by atoms with Gasteiger partial charge in [-0.05, 0) is 98.7 Å². The third-order valence-electron chi connectivity index (χ3n) is 8.09. The van der Waals surface area contributed by atoms with Crippen LogP contribution in [0.3, 0.4) is 0 Å². The normalized spacial score (nSPS) is 32.0. The van der Waals surface area contributed by atoms with Gasteiger partial charge in [0.2, 0.25) is 0 Å². The van der Waals surface area contributed by atoms with E-state index in [1.807, 2.05) is 0 Å². The summed E-state index contributed by atoms with van der Waals surface area (Å²) >= 11 is 0. The average Bonchev–Trinajstić information content (AvgIpc) is 2.68. The molecule has 3 saturated carbocycles. The molecule has 0 aliphatic heterocycles. The number of rotatable bonds is 7. The smallest absolute Gasteiger partial charge is 0.119 e. The van der Waals surface area contributed by atoms with E-state index < -0.39 is 0 Å². The third-order valence-corrected chi connectivity index (χ3v) is 8.09. The molecule has 0 N–H and O–H groups in total. The van der Waals surface area contributed by atoms with Gasteiger partial charge >= 0.3 is 0 Å². The lowest BCUT2D eigenvalue weighted by molar-refractivity contribution is 0.156. The fraction of sp³-hybridized carbons (Fsp3) is 0.769. The van der Waals surface area contributed by atoms with Gasteiger partial charge in [0.15, 0.2) is 0 Å². The monoisotopic (exact) mass is 368 g/mol. The Labute approximate surface area is 167 Å². The lowest BCUT2D eigenvalue weighted by Crippen LogP contribution is -2.25. The molecule has 150 valence electrons. The number of benzene rings is 1. The van der Waals surface area contributed by atoms with Gasteiger partial charge in [-0.3, -0.25) is 0 Å². The summed E-state index contributed by atoms with van der Waals surface area (Å²) in [6.07, 6.45) is 18.8. The summed E-state index contributed by atoms with van der Waals surface area (Å²) in [6, 6.07) is 9.12. The Hall–Kier alpha value is -0.980. The summed E-state index contributed by atoms with van der Waals surface area (Å²) in [5.41, 5.74) is 1.55. The summed E-state index contributed by atoms with van der Waals surface area (Å²) in [7, 11) is 0. The largest absolute Gasteiger partial charge is 0.493 e. The minimum atomic E-state index is 0.790. The molecule has 3 aliphatic rings. The Kier molecular flexibility index (Phi) is 6.79. The first-order valence-electron chi connectivity index (χ1n) is 12.0. The van der Waals surface area contributed by atoms with E-state index in [9.17, 15) is 0 Å². The molecule has 3 fully saturated rings. The molecule has 27 heavy (non-hydrogen) atoms. The molecule has 0 atom stereocenters. The third kappa shape index (κ3) is 5.09. The highest BCUT2D eigenvalue weighted by molar-refractivity contribution is 5.29. The van der Waals surface area contributed by atoms with Crippen LogP contribution in [-0.2, 0) is 0 Å². The van der Waals surface area contributed by atoms with Crippen molar-refractivity contribution in [2.45, 2.75) is 96.3 Å². The summed E-state index contributed by atoms with van der Waals surface area (Å²) < 4.78 is 5.97. The molecule has 1 aromatic rings. The van der Waals surface area contributed by atoms with Crippen molar-refractivity contribution in [2.24, 2.45) is 23.7 Å². The minimum absolute atomic E-state index is 0.790. The topological polar surface area (TPSA) is 9.23 Å². The first kappa shape index (κ1) is 19.3. The second-order valence-electron chi connectivity index (χ2n) is 9.86. The molecule has 1 heteroatoms. The van der Waals surface area contributed by atoms with E-state index >= 15 is 0 Å². The summed E-state index contributed by atoms with van der Waals surface area (Å²) in [4.78, 5) is 0. The maximum atomic E-state index is 5.97. The molecule has 0 spiro atoms. The molecule has 0 saturated heterocycles.